The van der Waals surface area contributed by atoms with E-state index in [1.54, 1.807) is 0 Å². The summed E-state index contributed by atoms with van der Waals surface area (Å²) in [6.07, 6.45) is 10.4. The van der Waals surface area contributed by atoms with Crippen LogP contribution in [-0.2, 0) is 0 Å². The zero-order valence-corrected chi connectivity index (χ0v) is 11.0. The molecule has 0 saturated heterocycles. The van der Waals surface area contributed by atoms with Crippen LogP contribution in [0.3, 0.4) is 0 Å². The van der Waals surface area contributed by atoms with E-state index in [-0.39, 0.29) is 6.10 Å². The van der Waals surface area contributed by atoms with Crippen LogP contribution < -0.4 is 5.32 Å². The van der Waals surface area contributed by atoms with E-state index >= 15 is 0 Å². The van der Waals surface area contributed by atoms with Crippen LogP contribution in [0.5, 0.6) is 0 Å². The summed E-state index contributed by atoms with van der Waals surface area (Å²) in [5.74, 6) is 0.966. The minimum Gasteiger partial charge on any atom is -0.393 e. The van der Waals surface area contributed by atoms with Crippen molar-refractivity contribution >= 4 is 0 Å². The van der Waals surface area contributed by atoms with Crippen LogP contribution in [-0.4, -0.2) is 23.8 Å². The van der Waals surface area contributed by atoms with Crippen molar-refractivity contribution in [1.29, 1.82) is 0 Å². The number of rotatable bonds is 7. The first-order valence-electron chi connectivity index (χ1n) is 7.10. The number of aliphatic hydroxyl groups is 1. The van der Waals surface area contributed by atoms with Gasteiger partial charge in [0.2, 0.25) is 0 Å². The number of hydrogen-bond donors (Lipinski definition) is 2. The van der Waals surface area contributed by atoms with Gasteiger partial charge in [-0.15, -0.1) is 0 Å². The van der Waals surface area contributed by atoms with Crippen molar-refractivity contribution in [2.45, 2.75) is 77.4 Å². The lowest BCUT2D eigenvalue weighted by atomic mass is 9.85. The molecule has 0 aromatic heterocycles. The summed E-state index contributed by atoms with van der Waals surface area (Å²) in [4.78, 5) is 0. The Kier molecular flexibility index (Phi) is 7.06. The van der Waals surface area contributed by atoms with Gasteiger partial charge in [0.05, 0.1) is 6.10 Å². The molecule has 2 nitrogen and oxygen atoms in total. The fourth-order valence-corrected chi connectivity index (χ4v) is 2.75. The highest BCUT2D eigenvalue weighted by Crippen LogP contribution is 2.27. The monoisotopic (exact) mass is 227 g/mol. The van der Waals surface area contributed by atoms with Gasteiger partial charge in [-0.2, -0.15) is 0 Å². The third-order valence-electron chi connectivity index (χ3n) is 3.70. The van der Waals surface area contributed by atoms with Gasteiger partial charge in [-0.25, -0.2) is 0 Å². The smallest absolute Gasteiger partial charge is 0.0512 e. The molecular formula is C14H29NO. The lowest BCUT2D eigenvalue weighted by molar-refractivity contribution is 0.180. The van der Waals surface area contributed by atoms with Crippen LogP contribution in [0.1, 0.15) is 65.2 Å². The predicted molar refractivity (Wildman–Crippen MR) is 69.6 cm³/mol. The lowest BCUT2D eigenvalue weighted by Gasteiger charge is -2.25. The van der Waals surface area contributed by atoms with Gasteiger partial charge in [0, 0.05) is 6.04 Å². The maximum absolute atomic E-state index is 9.15. The van der Waals surface area contributed by atoms with Crippen LogP contribution in [0.4, 0.5) is 0 Å². The van der Waals surface area contributed by atoms with Gasteiger partial charge in [-0.1, -0.05) is 32.1 Å². The van der Waals surface area contributed by atoms with Crippen molar-refractivity contribution in [3.8, 4) is 0 Å². The SMILES string of the molecule is CC(O)CCCNC(C)CC1CCCCC1. The predicted octanol–water partition coefficient (Wildman–Crippen LogP) is 3.10. The van der Waals surface area contributed by atoms with Crippen LogP contribution in [0, 0.1) is 5.92 Å². The number of nitrogens with one attached hydrogen (secondary N) is 1. The van der Waals surface area contributed by atoms with Gasteiger partial charge in [-0.3, -0.25) is 0 Å². The number of hydrogen-bond acceptors (Lipinski definition) is 2. The molecule has 0 radical (unpaired) electrons. The summed E-state index contributed by atoms with van der Waals surface area (Å²) in [5.41, 5.74) is 0. The van der Waals surface area contributed by atoms with E-state index in [0.29, 0.717) is 6.04 Å². The molecule has 1 aliphatic rings. The zero-order valence-electron chi connectivity index (χ0n) is 11.0. The molecule has 2 unspecified atom stereocenters. The van der Waals surface area contributed by atoms with Gasteiger partial charge in [0.1, 0.15) is 0 Å². The van der Waals surface area contributed by atoms with Crippen molar-refractivity contribution in [3.63, 3.8) is 0 Å². The molecule has 0 heterocycles. The molecule has 0 bridgehead atoms. The van der Waals surface area contributed by atoms with E-state index in [1.807, 2.05) is 6.92 Å². The molecular weight excluding hydrogens is 198 g/mol. The number of aliphatic hydroxyl groups excluding tert-OH is 1. The Bertz CT molecular complexity index is 164. The molecule has 96 valence electrons. The van der Waals surface area contributed by atoms with Gasteiger partial charge < -0.3 is 10.4 Å². The molecule has 16 heavy (non-hydrogen) atoms. The summed E-state index contributed by atoms with van der Waals surface area (Å²) in [5, 5.41) is 12.7. The molecule has 0 aliphatic heterocycles. The molecule has 1 rings (SSSR count). The molecule has 1 fully saturated rings. The summed E-state index contributed by atoms with van der Waals surface area (Å²) in [7, 11) is 0. The van der Waals surface area contributed by atoms with Crippen LogP contribution in [0.2, 0.25) is 0 Å². The Morgan fingerprint density at radius 1 is 1.19 bits per heavy atom. The minimum absolute atomic E-state index is 0.143. The molecule has 0 spiro atoms. The first kappa shape index (κ1) is 14.0. The first-order chi connectivity index (χ1) is 7.68. The minimum atomic E-state index is -0.143. The second-order valence-corrected chi connectivity index (χ2v) is 5.59. The average molecular weight is 227 g/mol. The van der Waals surface area contributed by atoms with Crippen molar-refractivity contribution in [2.24, 2.45) is 5.92 Å². The highest BCUT2D eigenvalue weighted by Gasteiger charge is 2.15. The van der Waals surface area contributed by atoms with Crippen LogP contribution in [0.15, 0.2) is 0 Å². The first-order valence-corrected chi connectivity index (χ1v) is 7.10. The molecule has 1 saturated carbocycles. The Morgan fingerprint density at radius 3 is 2.50 bits per heavy atom. The van der Waals surface area contributed by atoms with E-state index in [9.17, 15) is 0 Å². The summed E-state index contributed by atoms with van der Waals surface area (Å²) >= 11 is 0. The Balaban J connectivity index is 1.99. The van der Waals surface area contributed by atoms with Gasteiger partial charge in [0.25, 0.3) is 0 Å². The molecule has 1 aliphatic carbocycles. The lowest BCUT2D eigenvalue weighted by Crippen LogP contribution is -2.30. The van der Waals surface area contributed by atoms with Gasteiger partial charge >= 0.3 is 0 Å². The van der Waals surface area contributed by atoms with Crippen molar-refractivity contribution in [2.75, 3.05) is 6.54 Å². The fraction of sp³-hybridized carbons (Fsp3) is 1.00. The second-order valence-electron chi connectivity index (χ2n) is 5.59. The Labute approximate surface area is 101 Å². The molecule has 0 aromatic carbocycles. The van der Waals surface area contributed by atoms with Crippen molar-refractivity contribution < 1.29 is 5.11 Å². The summed E-state index contributed by atoms with van der Waals surface area (Å²) in [6, 6.07) is 0.650. The quantitative estimate of drug-likeness (QED) is 0.655. The highest BCUT2D eigenvalue weighted by atomic mass is 16.3. The Morgan fingerprint density at radius 2 is 1.88 bits per heavy atom. The maximum atomic E-state index is 9.15. The van der Waals surface area contributed by atoms with E-state index in [2.05, 4.69) is 12.2 Å². The van der Waals surface area contributed by atoms with E-state index in [0.717, 1.165) is 25.3 Å². The summed E-state index contributed by atoms with van der Waals surface area (Å²) < 4.78 is 0. The highest BCUT2D eigenvalue weighted by molar-refractivity contribution is 4.71. The van der Waals surface area contributed by atoms with E-state index in [4.69, 9.17) is 5.11 Å². The third kappa shape index (κ3) is 6.49. The van der Waals surface area contributed by atoms with Crippen LogP contribution in [0.25, 0.3) is 0 Å². The van der Waals surface area contributed by atoms with Gasteiger partial charge in [0.15, 0.2) is 0 Å². The topological polar surface area (TPSA) is 32.3 Å². The molecule has 2 N–H and O–H groups in total. The van der Waals surface area contributed by atoms with Crippen molar-refractivity contribution in [3.05, 3.63) is 0 Å². The maximum Gasteiger partial charge on any atom is 0.0512 e. The molecule has 2 heteroatoms. The summed E-state index contributed by atoms with van der Waals surface area (Å²) in [6.45, 7) is 5.22. The molecule has 0 amide bonds. The van der Waals surface area contributed by atoms with Crippen LogP contribution >= 0.6 is 0 Å². The second kappa shape index (κ2) is 8.08. The molecule has 0 aromatic rings. The van der Waals surface area contributed by atoms with E-state index in [1.165, 1.54) is 38.5 Å². The zero-order chi connectivity index (χ0) is 11.8. The largest absolute Gasteiger partial charge is 0.393 e. The fourth-order valence-electron chi connectivity index (χ4n) is 2.75. The Hall–Kier alpha value is -0.0800. The van der Waals surface area contributed by atoms with Crippen molar-refractivity contribution in [1.82, 2.24) is 5.32 Å². The standard InChI is InChI=1S/C14H29NO/c1-12(15-10-6-7-13(2)16)11-14-8-4-3-5-9-14/h12-16H,3-11H2,1-2H3. The van der Waals surface area contributed by atoms with E-state index < -0.39 is 0 Å². The van der Waals surface area contributed by atoms with Gasteiger partial charge in [-0.05, 0) is 45.6 Å². The normalized spacial score (nSPS) is 21.9. The molecule has 2 atom stereocenters. The third-order valence-corrected chi connectivity index (χ3v) is 3.70. The average Bonchev–Trinajstić information content (AvgIpc) is 2.25.